The molecule has 182 valence electrons. The van der Waals surface area contributed by atoms with E-state index in [1.54, 1.807) is 0 Å². The summed E-state index contributed by atoms with van der Waals surface area (Å²) in [5, 5.41) is 8.37. The van der Waals surface area contributed by atoms with Crippen LogP contribution in [0.1, 0.15) is 80.6 Å². The molecule has 0 saturated carbocycles. The van der Waals surface area contributed by atoms with E-state index in [0.29, 0.717) is 0 Å². The molecule has 2 aliphatic rings. The monoisotopic (exact) mass is 472 g/mol. The van der Waals surface area contributed by atoms with Crippen LogP contribution in [0, 0.1) is 69.2 Å². The molecular formula is C35H36O. The van der Waals surface area contributed by atoms with Gasteiger partial charge in [0.2, 0.25) is 0 Å². The molecule has 0 saturated heterocycles. The van der Waals surface area contributed by atoms with Gasteiger partial charge in [-0.25, -0.2) is 0 Å². The smallest absolute Gasteiger partial charge is 0.185 e. The van der Waals surface area contributed by atoms with Crippen LogP contribution in [0.15, 0.2) is 11.1 Å². The summed E-state index contributed by atoms with van der Waals surface area (Å²) in [5.74, 6) is 0.208. The molecule has 0 aliphatic heterocycles. The Hall–Kier alpha value is -3.19. The van der Waals surface area contributed by atoms with Gasteiger partial charge < -0.3 is 0 Å². The number of hydrogen-bond donors (Lipinski definition) is 0. The number of hydrogen-bond acceptors (Lipinski definition) is 1. The second kappa shape index (κ2) is 6.97. The molecule has 4 aromatic carbocycles. The van der Waals surface area contributed by atoms with Crippen LogP contribution in [-0.4, -0.2) is 5.78 Å². The molecule has 0 heterocycles. The third kappa shape index (κ3) is 2.31. The largest absolute Gasteiger partial charge is 0.289 e. The van der Waals surface area contributed by atoms with Crippen LogP contribution in [0.2, 0.25) is 0 Å². The third-order valence-corrected chi connectivity index (χ3v) is 10.3. The summed E-state index contributed by atoms with van der Waals surface area (Å²) in [7, 11) is 0. The van der Waals surface area contributed by atoms with E-state index in [2.05, 4.69) is 69.2 Å². The normalized spacial score (nSPS) is 15.1. The van der Waals surface area contributed by atoms with Crippen molar-refractivity contribution in [3.8, 4) is 0 Å². The molecule has 0 fully saturated rings. The van der Waals surface area contributed by atoms with Crippen LogP contribution in [0.3, 0.4) is 0 Å². The third-order valence-electron chi connectivity index (χ3n) is 10.3. The van der Waals surface area contributed by atoms with Gasteiger partial charge in [0.25, 0.3) is 0 Å². The van der Waals surface area contributed by atoms with Gasteiger partial charge in [0.15, 0.2) is 5.78 Å². The average molecular weight is 473 g/mol. The number of carbonyl (C=O) groups excluding carboxylic acids is 1. The van der Waals surface area contributed by atoms with E-state index < -0.39 is 0 Å². The lowest BCUT2D eigenvalue weighted by Gasteiger charge is -2.25. The zero-order chi connectivity index (χ0) is 26.3. The fourth-order valence-corrected chi connectivity index (χ4v) is 7.63. The predicted molar refractivity (Wildman–Crippen MR) is 157 cm³/mol. The lowest BCUT2D eigenvalue weighted by Crippen LogP contribution is -2.04. The van der Waals surface area contributed by atoms with Crippen LogP contribution in [0.5, 0.6) is 0 Å². The van der Waals surface area contributed by atoms with Gasteiger partial charge >= 0.3 is 0 Å². The van der Waals surface area contributed by atoms with Gasteiger partial charge in [0.05, 0.1) is 0 Å². The predicted octanol–water partition coefficient (Wildman–Crippen LogP) is 9.37. The van der Waals surface area contributed by atoms with E-state index >= 15 is 0 Å². The Morgan fingerprint density at radius 1 is 0.306 bits per heavy atom. The van der Waals surface area contributed by atoms with Crippen LogP contribution >= 0.6 is 0 Å². The maximum absolute atomic E-state index is 13.3. The number of benzene rings is 4. The van der Waals surface area contributed by atoms with Gasteiger partial charge in [-0.3, -0.25) is 4.79 Å². The summed E-state index contributed by atoms with van der Waals surface area (Å²) >= 11 is 0. The standard InChI is InChI=1S/C35H36O/c1-13-14(2)17(5)26-25(16(13)4)20(8)21(9)27-28-18(6)15(3)19(7)29-32-23(11)35(36)24(12)33(32)31(34(28)29)22(10)30(26)27/h1-12H3. The van der Waals surface area contributed by atoms with Crippen LogP contribution in [0.25, 0.3) is 43.5 Å². The first-order valence-corrected chi connectivity index (χ1v) is 13.2. The van der Waals surface area contributed by atoms with Crippen molar-refractivity contribution in [3.05, 3.63) is 77.9 Å². The summed E-state index contributed by atoms with van der Waals surface area (Å²) < 4.78 is 0. The highest BCUT2D eigenvalue weighted by molar-refractivity contribution is 6.41. The van der Waals surface area contributed by atoms with Gasteiger partial charge in [-0.2, -0.15) is 0 Å². The maximum Gasteiger partial charge on any atom is 0.185 e. The Kier molecular flexibility index (Phi) is 4.50. The molecule has 1 nitrogen and oxygen atoms in total. The van der Waals surface area contributed by atoms with Crippen molar-refractivity contribution in [1.29, 1.82) is 0 Å². The molecule has 6 rings (SSSR count). The summed E-state index contributed by atoms with van der Waals surface area (Å²) in [5.41, 5.74) is 20.5. The van der Waals surface area contributed by atoms with E-state index in [9.17, 15) is 4.79 Å². The Labute approximate surface area is 214 Å². The summed E-state index contributed by atoms with van der Waals surface area (Å²) in [4.78, 5) is 13.3. The van der Waals surface area contributed by atoms with Gasteiger partial charge in [0.1, 0.15) is 0 Å². The van der Waals surface area contributed by atoms with Crippen molar-refractivity contribution < 1.29 is 4.79 Å². The fraction of sp³-hybridized carbons (Fsp3) is 0.343. The molecule has 0 N–H and O–H groups in total. The maximum atomic E-state index is 13.3. The second-order valence-corrected chi connectivity index (χ2v) is 11.6. The fourth-order valence-electron chi connectivity index (χ4n) is 7.63. The SMILES string of the molecule is CC1=C2C(=C(C)C1=O)c1c(C)c3c4c(C)c(C)c(C)c(C)c4c(C)c(C)c3c3c(C)c(C)c(C)c2c13. The zero-order valence-electron chi connectivity index (χ0n) is 23.9. The van der Waals surface area contributed by atoms with Crippen molar-refractivity contribution in [2.24, 2.45) is 0 Å². The lowest BCUT2D eigenvalue weighted by atomic mass is 9.79. The molecule has 0 bridgehead atoms. The molecule has 0 aromatic heterocycles. The topological polar surface area (TPSA) is 17.1 Å². The molecule has 0 spiro atoms. The van der Waals surface area contributed by atoms with Gasteiger partial charge in [-0.1, -0.05) is 0 Å². The molecule has 0 atom stereocenters. The molecule has 36 heavy (non-hydrogen) atoms. The van der Waals surface area contributed by atoms with Crippen LogP contribution in [-0.2, 0) is 4.79 Å². The Morgan fingerprint density at radius 2 is 0.611 bits per heavy atom. The van der Waals surface area contributed by atoms with Crippen molar-refractivity contribution in [3.63, 3.8) is 0 Å². The van der Waals surface area contributed by atoms with Crippen molar-refractivity contribution in [2.45, 2.75) is 83.1 Å². The number of rotatable bonds is 0. The Morgan fingerprint density at radius 3 is 1.14 bits per heavy atom. The summed E-state index contributed by atoms with van der Waals surface area (Å²) in [6.45, 7) is 27.0. The minimum absolute atomic E-state index is 0.208. The number of ketones is 1. The number of allylic oxidation sites excluding steroid dienone is 4. The van der Waals surface area contributed by atoms with E-state index in [1.807, 2.05) is 13.8 Å². The van der Waals surface area contributed by atoms with Crippen LogP contribution in [0.4, 0.5) is 0 Å². The van der Waals surface area contributed by atoms with E-state index in [-0.39, 0.29) is 5.78 Å². The van der Waals surface area contributed by atoms with Gasteiger partial charge in [-0.15, -0.1) is 0 Å². The minimum Gasteiger partial charge on any atom is -0.289 e. The highest BCUT2D eigenvalue weighted by atomic mass is 16.1. The highest BCUT2D eigenvalue weighted by Gasteiger charge is 2.39. The number of aryl methyl sites for hydroxylation is 6. The van der Waals surface area contributed by atoms with Crippen LogP contribution < -0.4 is 0 Å². The van der Waals surface area contributed by atoms with Crippen molar-refractivity contribution in [1.82, 2.24) is 0 Å². The molecule has 0 radical (unpaired) electrons. The highest BCUT2D eigenvalue weighted by Crippen LogP contribution is 2.58. The van der Waals surface area contributed by atoms with E-state index in [0.717, 1.165) is 11.1 Å². The van der Waals surface area contributed by atoms with E-state index in [4.69, 9.17) is 0 Å². The van der Waals surface area contributed by atoms with Gasteiger partial charge in [0, 0.05) is 11.1 Å². The molecule has 0 unspecified atom stereocenters. The molecule has 1 heteroatoms. The van der Waals surface area contributed by atoms with Gasteiger partial charge in [-0.05, 0) is 193 Å². The number of Topliss-reactive ketones (excluding diaryl/α,β-unsaturated/α-hetero) is 1. The first-order valence-electron chi connectivity index (χ1n) is 13.2. The number of fused-ring (bicyclic) bond motifs is 7. The second-order valence-electron chi connectivity index (χ2n) is 11.6. The molecular weight excluding hydrogens is 436 g/mol. The summed E-state index contributed by atoms with van der Waals surface area (Å²) in [6, 6.07) is 0. The first kappa shape index (κ1) is 23.2. The summed E-state index contributed by atoms with van der Waals surface area (Å²) in [6.07, 6.45) is 0. The molecule has 0 amide bonds. The van der Waals surface area contributed by atoms with E-state index in [1.165, 1.54) is 110 Å². The quantitative estimate of drug-likeness (QED) is 0.233. The zero-order valence-corrected chi connectivity index (χ0v) is 23.9. The van der Waals surface area contributed by atoms with Crippen molar-refractivity contribution in [2.75, 3.05) is 0 Å². The lowest BCUT2D eigenvalue weighted by molar-refractivity contribution is -0.111. The average Bonchev–Trinajstić information content (AvgIpc) is 3.30. The molecule has 4 aromatic rings. The van der Waals surface area contributed by atoms with Crippen molar-refractivity contribution >= 4 is 49.2 Å². The minimum atomic E-state index is 0.208. The molecule has 2 aliphatic carbocycles. The Bertz CT molecular complexity index is 1880. The number of carbonyl (C=O) groups is 1. The first-order chi connectivity index (χ1) is 16.8. The Balaban J connectivity index is 2.09.